The van der Waals surface area contributed by atoms with Crippen molar-refractivity contribution in [2.75, 3.05) is 5.73 Å². The van der Waals surface area contributed by atoms with Crippen molar-refractivity contribution < 1.29 is 9.90 Å². The van der Waals surface area contributed by atoms with E-state index in [1.807, 2.05) is 0 Å². The lowest BCUT2D eigenvalue weighted by Crippen LogP contribution is -2.06. The summed E-state index contributed by atoms with van der Waals surface area (Å²) < 4.78 is 0. The Kier molecular flexibility index (Phi) is 2.93. The maximum Gasteiger partial charge on any atom is 0.208 e. The van der Waals surface area contributed by atoms with Crippen LogP contribution in [-0.4, -0.2) is 20.9 Å². The summed E-state index contributed by atoms with van der Waals surface area (Å²) in [5.74, 6) is -0.0539. The number of nitrogens with zero attached hydrogens (tertiary/aromatic N) is 2. The van der Waals surface area contributed by atoms with E-state index < -0.39 is 0 Å². The van der Waals surface area contributed by atoms with Gasteiger partial charge in [0.2, 0.25) is 5.78 Å². The van der Waals surface area contributed by atoms with E-state index in [1.54, 1.807) is 11.4 Å². The van der Waals surface area contributed by atoms with Crippen molar-refractivity contribution in [1.82, 2.24) is 9.97 Å². The summed E-state index contributed by atoms with van der Waals surface area (Å²) in [5.41, 5.74) is 6.58. The summed E-state index contributed by atoms with van der Waals surface area (Å²) in [4.78, 5) is 20.0. The predicted molar refractivity (Wildman–Crippen MR) is 60.1 cm³/mol. The zero-order valence-corrected chi connectivity index (χ0v) is 9.07. The molecule has 82 valence electrons. The second-order valence-electron chi connectivity index (χ2n) is 3.13. The van der Waals surface area contributed by atoms with Crippen LogP contribution in [0.3, 0.4) is 0 Å². The number of hydrogen-bond donors (Lipinski definition) is 2. The van der Waals surface area contributed by atoms with Crippen LogP contribution >= 0.6 is 11.3 Å². The van der Waals surface area contributed by atoms with Gasteiger partial charge in [-0.1, -0.05) is 0 Å². The molecule has 6 heteroatoms. The molecule has 0 bridgehead atoms. The highest BCUT2D eigenvalue weighted by Gasteiger charge is 2.15. The predicted octanol–water partition coefficient (Wildman–Crippen LogP) is 0.844. The van der Waals surface area contributed by atoms with Gasteiger partial charge in [0.25, 0.3) is 0 Å². The SMILES string of the molecule is Nc1ncncc1C(=O)c1cc(CO)cs1. The molecule has 0 spiro atoms. The van der Waals surface area contributed by atoms with E-state index in [0.29, 0.717) is 10.4 Å². The van der Waals surface area contributed by atoms with E-state index in [0.717, 1.165) is 0 Å². The molecule has 2 rings (SSSR count). The van der Waals surface area contributed by atoms with Gasteiger partial charge in [-0.05, 0) is 17.0 Å². The molecule has 0 saturated carbocycles. The summed E-state index contributed by atoms with van der Waals surface area (Å²) >= 11 is 1.27. The van der Waals surface area contributed by atoms with Crippen LogP contribution in [0.1, 0.15) is 20.8 Å². The highest BCUT2D eigenvalue weighted by molar-refractivity contribution is 7.12. The van der Waals surface area contributed by atoms with E-state index in [2.05, 4.69) is 9.97 Å². The first kappa shape index (κ1) is 10.7. The quantitative estimate of drug-likeness (QED) is 0.770. The van der Waals surface area contributed by atoms with Crippen LogP contribution in [0, 0.1) is 0 Å². The summed E-state index contributed by atoms with van der Waals surface area (Å²) in [6.45, 7) is -0.0788. The molecule has 0 aromatic carbocycles. The molecule has 2 heterocycles. The molecule has 0 aliphatic heterocycles. The lowest BCUT2D eigenvalue weighted by atomic mass is 10.1. The van der Waals surface area contributed by atoms with Crippen LogP contribution in [0.2, 0.25) is 0 Å². The molecule has 0 radical (unpaired) electrons. The van der Waals surface area contributed by atoms with Crippen molar-refractivity contribution in [3.05, 3.63) is 40.0 Å². The van der Waals surface area contributed by atoms with Crippen LogP contribution in [0.15, 0.2) is 24.0 Å². The minimum absolute atomic E-state index is 0.0788. The minimum Gasteiger partial charge on any atom is -0.392 e. The smallest absolute Gasteiger partial charge is 0.208 e. The second kappa shape index (κ2) is 4.38. The molecule has 16 heavy (non-hydrogen) atoms. The van der Waals surface area contributed by atoms with Crippen molar-refractivity contribution in [3.8, 4) is 0 Å². The van der Waals surface area contributed by atoms with Crippen molar-refractivity contribution in [2.45, 2.75) is 6.61 Å². The van der Waals surface area contributed by atoms with Gasteiger partial charge in [-0.3, -0.25) is 4.79 Å². The second-order valence-corrected chi connectivity index (χ2v) is 4.04. The third-order valence-electron chi connectivity index (χ3n) is 2.05. The Balaban J connectivity index is 2.35. The van der Waals surface area contributed by atoms with Gasteiger partial charge < -0.3 is 10.8 Å². The third kappa shape index (κ3) is 1.93. The van der Waals surface area contributed by atoms with Crippen LogP contribution < -0.4 is 5.73 Å². The van der Waals surface area contributed by atoms with E-state index in [9.17, 15) is 4.79 Å². The normalized spacial score (nSPS) is 10.3. The fraction of sp³-hybridized carbons (Fsp3) is 0.100. The van der Waals surface area contributed by atoms with Gasteiger partial charge in [-0.25, -0.2) is 9.97 Å². The number of carbonyl (C=O) groups is 1. The topological polar surface area (TPSA) is 89.1 Å². The van der Waals surface area contributed by atoms with Gasteiger partial charge in [0.05, 0.1) is 17.0 Å². The Hall–Kier alpha value is -1.79. The molecule has 0 saturated heterocycles. The number of aliphatic hydroxyl groups is 1. The van der Waals surface area contributed by atoms with Gasteiger partial charge in [0.1, 0.15) is 12.1 Å². The van der Waals surface area contributed by atoms with Crippen LogP contribution in [0.25, 0.3) is 0 Å². The number of nitrogen functional groups attached to an aromatic ring is 1. The maximum absolute atomic E-state index is 12.0. The molecule has 0 fully saturated rings. The van der Waals surface area contributed by atoms with Gasteiger partial charge in [-0.15, -0.1) is 11.3 Å². The van der Waals surface area contributed by atoms with Gasteiger partial charge >= 0.3 is 0 Å². The van der Waals surface area contributed by atoms with Gasteiger partial charge in [-0.2, -0.15) is 0 Å². The highest BCUT2D eigenvalue weighted by Crippen LogP contribution is 2.20. The lowest BCUT2D eigenvalue weighted by Gasteiger charge is -1.99. The van der Waals surface area contributed by atoms with E-state index in [-0.39, 0.29) is 23.8 Å². The Bertz CT molecular complexity index is 524. The van der Waals surface area contributed by atoms with Crippen molar-refractivity contribution in [1.29, 1.82) is 0 Å². The average Bonchev–Trinajstić information content (AvgIpc) is 2.77. The van der Waals surface area contributed by atoms with E-state index in [4.69, 9.17) is 10.8 Å². The summed E-state index contributed by atoms with van der Waals surface area (Å²) in [6, 6.07) is 1.64. The fourth-order valence-corrected chi connectivity index (χ4v) is 2.08. The number of aromatic nitrogens is 2. The molecular weight excluding hydrogens is 226 g/mol. The van der Waals surface area contributed by atoms with E-state index >= 15 is 0 Å². The molecule has 0 amide bonds. The Morgan fingerprint density at radius 2 is 2.38 bits per heavy atom. The van der Waals surface area contributed by atoms with Gasteiger partial charge in [0.15, 0.2) is 0 Å². The Labute approximate surface area is 95.6 Å². The monoisotopic (exact) mass is 235 g/mol. The minimum atomic E-state index is -0.220. The van der Waals surface area contributed by atoms with Crippen molar-refractivity contribution in [3.63, 3.8) is 0 Å². The van der Waals surface area contributed by atoms with Gasteiger partial charge in [0, 0.05) is 6.20 Å². The molecule has 0 atom stereocenters. The molecule has 0 aliphatic carbocycles. The number of nitrogens with two attached hydrogens (primary N) is 1. The Morgan fingerprint density at radius 1 is 1.56 bits per heavy atom. The standard InChI is InChI=1S/C10H9N3O2S/c11-10-7(2-12-5-13-10)9(15)8-1-6(3-14)4-16-8/h1-2,4-5,14H,3H2,(H2,11,12,13). The summed E-state index contributed by atoms with van der Waals surface area (Å²) in [5, 5.41) is 10.6. The first-order valence-corrected chi connectivity index (χ1v) is 5.38. The maximum atomic E-state index is 12.0. The average molecular weight is 235 g/mol. The number of hydrogen-bond acceptors (Lipinski definition) is 6. The summed E-state index contributed by atoms with van der Waals surface area (Å²) in [7, 11) is 0. The number of aliphatic hydroxyl groups excluding tert-OH is 1. The van der Waals surface area contributed by atoms with Crippen LogP contribution in [0.4, 0.5) is 5.82 Å². The largest absolute Gasteiger partial charge is 0.392 e. The zero-order valence-electron chi connectivity index (χ0n) is 8.25. The molecule has 3 N–H and O–H groups in total. The number of ketones is 1. The number of rotatable bonds is 3. The molecule has 2 aromatic heterocycles. The van der Waals surface area contributed by atoms with Crippen molar-refractivity contribution in [2.24, 2.45) is 0 Å². The van der Waals surface area contributed by atoms with Crippen LogP contribution in [0.5, 0.6) is 0 Å². The Morgan fingerprint density at radius 3 is 3.00 bits per heavy atom. The van der Waals surface area contributed by atoms with Crippen molar-refractivity contribution >= 4 is 22.9 Å². The number of carbonyl (C=O) groups excluding carboxylic acids is 1. The molecule has 0 unspecified atom stereocenters. The molecule has 5 nitrogen and oxygen atoms in total. The number of thiophene rings is 1. The zero-order chi connectivity index (χ0) is 11.5. The third-order valence-corrected chi connectivity index (χ3v) is 3.03. The molecule has 2 aromatic rings. The van der Waals surface area contributed by atoms with E-state index in [1.165, 1.54) is 23.9 Å². The first-order chi connectivity index (χ1) is 7.72. The highest BCUT2D eigenvalue weighted by atomic mass is 32.1. The van der Waals surface area contributed by atoms with Crippen LogP contribution in [-0.2, 0) is 6.61 Å². The molecule has 0 aliphatic rings. The fourth-order valence-electron chi connectivity index (χ4n) is 1.22. The summed E-state index contributed by atoms with van der Waals surface area (Å²) in [6.07, 6.45) is 2.68. The number of anilines is 1. The molecular formula is C10H9N3O2S. The lowest BCUT2D eigenvalue weighted by molar-refractivity contribution is 0.104. The first-order valence-electron chi connectivity index (χ1n) is 4.51.